The highest BCUT2D eigenvalue weighted by Gasteiger charge is 2.32. The van der Waals surface area contributed by atoms with E-state index < -0.39 is 38.1 Å². The van der Waals surface area contributed by atoms with Crippen molar-refractivity contribution < 1.29 is 35.2 Å². The monoisotopic (exact) mass is 448 g/mol. The highest BCUT2D eigenvalue weighted by Crippen LogP contribution is 2.36. The second kappa shape index (κ2) is 8.21. The van der Waals surface area contributed by atoms with Gasteiger partial charge in [0, 0.05) is 18.7 Å². The Morgan fingerprint density at radius 3 is 2.13 bits per heavy atom. The first-order valence-electron chi connectivity index (χ1n) is 8.90. The fourth-order valence-corrected chi connectivity index (χ4v) is 3.86. The Balaban J connectivity index is 1.90. The average Bonchev–Trinajstić information content (AvgIpc) is 3.21. The van der Waals surface area contributed by atoms with Gasteiger partial charge in [0.25, 0.3) is 5.91 Å². The van der Waals surface area contributed by atoms with E-state index in [9.17, 15) is 35.2 Å². The first-order chi connectivity index (χ1) is 14.0. The number of halogens is 5. The summed E-state index contributed by atoms with van der Waals surface area (Å²) in [5.74, 6) is -4.40. The number of hydrogen-bond acceptors (Lipinski definition) is 4. The van der Waals surface area contributed by atoms with Crippen LogP contribution in [-0.4, -0.2) is 33.2 Å². The molecule has 0 spiro atoms. The molecule has 3 rings (SSSR count). The topological polar surface area (TPSA) is 66.5 Å². The van der Waals surface area contributed by atoms with E-state index in [0.717, 1.165) is 49.2 Å². The van der Waals surface area contributed by atoms with E-state index in [-0.39, 0.29) is 11.3 Å². The molecule has 2 aromatic rings. The molecule has 1 aliphatic rings. The van der Waals surface area contributed by atoms with Crippen LogP contribution in [0.5, 0.6) is 0 Å². The average molecular weight is 448 g/mol. The van der Waals surface area contributed by atoms with Gasteiger partial charge < -0.3 is 10.2 Å². The number of benzene rings is 2. The number of amides is 1. The van der Waals surface area contributed by atoms with Crippen molar-refractivity contribution in [1.29, 1.82) is 0 Å². The molecular formula is C19H17F5N2O3S. The number of carbonyl (C=O) groups is 1. The van der Waals surface area contributed by atoms with Crippen LogP contribution in [0.15, 0.2) is 47.4 Å². The van der Waals surface area contributed by atoms with Crippen LogP contribution in [0.4, 0.5) is 33.3 Å². The molecule has 0 aliphatic carbocycles. The van der Waals surface area contributed by atoms with Gasteiger partial charge in [0.05, 0.1) is 21.8 Å². The molecule has 0 aromatic heterocycles. The quantitative estimate of drug-likeness (QED) is 0.682. The molecule has 11 heteroatoms. The predicted molar refractivity (Wildman–Crippen MR) is 100 cm³/mol. The van der Waals surface area contributed by atoms with Crippen molar-refractivity contribution >= 4 is 27.1 Å². The molecule has 1 aliphatic heterocycles. The zero-order valence-corrected chi connectivity index (χ0v) is 16.2. The van der Waals surface area contributed by atoms with E-state index in [1.54, 1.807) is 0 Å². The lowest BCUT2D eigenvalue weighted by atomic mass is 10.1. The lowest BCUT2D eigenvalue weighted by Gasteiger charge is -2.23. The van der Waals surface area contributed by atoms with Crippen LogP contribution >= 0.6 is 0 Å². The second-order valence-electron chi connectivity index (χ2n) is 6.71. The lowest BCUT2D eigenvalue weighted by molar-refractivity contribution is -0.137. The minimum atomic E-state index is -4.81. The molecule has 0 bridgehead atoms. The van der Waals surface area contributed by atoms with Gasteiger partial charge in [0.2, 0.25) is 9.84 Å². The molecule has 30 heavy (non-hydrogen) atoms. The Kier molecular flexibility index (Phi) is 6.02. The first-order valence-corrected chi connectivity index (χ1v) is 10.4. The van der Waals surface area contributed by atoms with Gasteiger partial charge in [0.15, 0.2) is 0 Å². The number of nitrogens with one attached hydrogen (secondary N) is 1. The molecule has 1 amide bonds. The van der Waals surface area contributed by atoms with Gasteiger partial charge in [-0.15, -0.1) is 0 Å². The van der Waals surface area contributed by atoms with Crippen LogP contribution in [-0.2, 0) is 16.0 Å². The zero-order valence-electron chi connectivity index (χ0n) is 15.4. The van der Waals surface area contributed by atoms with Gasteiger partial charge >= 0.3 is 11.9 Å². The predicted octanol–water partition coefficient (Wildman–Crippen LogP) is 4.55. The van der Waals surface area contributed by atoms with Crippen LogP contribution in [0.3, 0.4) is 0 Å². The number of sulfone groups is 1. The number of anilines is 2. The van der Waals surface area contributed by atoms with Crippen LogP contribution in [0.25, 0.3) is 0 Å². The van der Waals surface area contributed by atoms with Gasteiger partial charge in [-0.05, 0) is 55.3 Å². The number of carbonyl (C=O) groups excluding carboxylic acids is 1. The maximum atomic E-state index is 13.1. The van der Waals surface area contributed by atoms with Crippen molar-refractivity contribution in [2.75, 3.05) is 23.3 Å². The van der Waals surface area contributed by atoms with Crippen LogP contribution in [0.2, 0.25) is 0 Å². The van der Waals surface area contributed by atoms with E-state index in [4.69, 9.17) is 0 Å². The highest BCUT2D eigenvalue weighted by atomic mass is 32.2. The van der Waals surface area contributed by atoms with Gasteiger partial charge in [-0.1, -0.05) is 0 Å². The molecular weight excluding hydrogens is 431 g/mol. The molecule has 5 nitrogen and oxygen atoms in total. The third-order valence-electron chi connectivity index (χ3n) is 4.70. The summed E-state index contributed by atoms with van der Waals surface area (Å²) in [7, 11) is -4.81. The maximum absolute atomic E-state index is 13.1. The molecule has 0 saturated carbocycles. The fraction of sp³-hybridized carbons (Fsp3) is 0.316. The third kappa shape index (κ3) is 4.55. The van der Waals surface area contributed by atoms with E-state index in [0.29, 0.717) is 18.8 Å². The van der Waals surface area contributed by atoms with Crippen LogP contribution < -0.4 is 10.2 Å². The minimum Gasteiger partial charge on any atom is -0.370 e. The summed E-state index contributed by atoms with van der Waals surface area (Å²) in [6.07, 6.45) is -2.86. The normalized spacial score (nSPS) is 14.9. The Morgan fingerprint density at radius 1 is 1.00 bits per heavy atom. The molecule has 1 saturated heterocycles. The number of hydrogen-bond donors (Lipinski definition) is 1. The molecule has 0 atom stereocenters. The largest absolute Gasteiger partial charge is 0.416 e. The van der Waals surface area contributed by atoms with E-state index >= 15 is 0 Å². The second-order valence-corrected chi connectivity index (χ2v) is 8.63. The minimum absolute atomic E-state index is 0.0407. The molecule has 162 valence electrons. The van der Waals surface area contributed by atoms with Crippen LogP contribution in [0, 0.1) is 0 Å². The molecule has 1 fully saturated rings. The smallest absolute Gasteiger partial charge is 0.370 e. The maximum Gasteiger partial charge on any atom is 0.416 e. The zero-order chi connectivity index (χ0) is 22.1. The van der Waals surface area contributed by atoms with E-state index in [1.165, 1.54) is 6.07 Å². The Morgan fingerprint density at radius 2 is 1.60 bits per heavy atom. The summed E-state index contributed by atoms with van der Waals surface area (Å²) in [5, 5.41) is 2.42. The van der Waals surface area contributed by atoms with E-state index in [2.05, 4.69) is 5.32 Å². The summed E-state index contributed by atoms with van der Waals surface area (Å²) in [4.78, 5) is 13.7. The summed E-state index contributed by atoms with van der Waals surface area (Å²) in [6.45, 7) is 1.27. The third-order valence-corrected chi connectivity index (χ3v) is 6.10. The van der Waals surface area contributed by atoms with E-state index in [1.807, 2.05) is 4.90 Å². The molecule has 0 unspecified atom stereocenters. The highest BCUT2D eigenvalue weighted by molar-refractivity contribution is 7.91. The van der Waals surface area contributed by atoms with Gasteiger partial charge in [-0.2, -0.15) is 22.0 Å². The summed E-state index contributed by atoms with van der Waals surface area (Å²) >= 11 is 0. The number of alkyl halides is 5. The van der Waals surface area contributed by atoms with Crippen LogP contribution in [0.1, 0.15) is 28.8 Å². The van der Waals surface area contributed by atoms with Gasteiger partial charge in [0.1, 0.15) is 0 Å². The summed E-state index contributed by atoms with van der Waals surface area (Å²) in [5.41, 5.74) is -0.626. The Hall–Kier alpha value is -2.69. The standard InChI is InChI=1S/C19H17F5N2O3S/c20-18(21)30(28,29)14-6-3-12(4-7-14)17(27)25-15-11-13(19(22,23)24)5-8-16(15)26-9-1-2-10-26/h3-8,11,18H,1-2,9-10H2,(H,25,27). The Bertz CT molecular complexity index is 1030. The van der Waals surface area contributed by atoms with Crippen molar-refractivity contribution in [3.05, 3.63) is 53.6 Å². The van der Waals surface area contributed by atoms with Crippen molar-refractivity contribution in [3.8, 4) is 0 Å². The molecule has 0 radical (unpaired) electrons. The van der Waals surface area contributed by atoms with Crippen molar-refractivity contribution in [1.82, 2.24) is 0 Å². The number of rotatable bonds is 5. The van der Waals surface area contributed by atoms with Gasteiger partial charge in [-0.25, -0.2) is 8.42 Å². The SMILES string of the molecule is O=C(Nc1cc(C(F)(F)F)ccc1N1CCCC1)c1ccc(S(=O)(=O)C(F)F)cc1. The first kappa shape index (κ1) is 22.0. The van der Waals surface area contributed by atoms with Gasteiger partial charge in [-0.3, -0.25) is 4.79 Å². The summed E-state index contributed by atoms with van der Waals surface area (Å²) < 4.78 is 87.5. The lowest BCUT2D eigenvalue weighted by Crippen LogP contribution is -2.22. The molecule has 2 aromatic carbocycles. The Labute approximate surface area is 169 Å². The molecule has 1 N–H and O–H groups in total. The summed E-state index contributed by atoms with van der Waals surface area (Å²) in [6, 6.07) is 6.81. The molecule has 1 heterocycles. The van der Waals surface area contributed by atoms with Crippen molar-refractivity contribution in [2.45, 2.75) is 29.7 Å². The van der Waals surface area contributed by atoms with Crippen molar-refractivity contribution in [2.24, 2.45) is 0 Å². The van der Waals surface area contributed by atoms with Crippen molar-refractivity contribution in [3.63, 3.8) is 0 Å². The number of nitrogens with zero attached hydrogens (tertiary/aromatic N) is 1. The fourth-order valence-electron chi connectivity index (χ4n) is 3.14.